The van der Waals surface area contributed by atoms with Crippen LogP contribution in [0.25, 0.3) is 0 Å². The van der Waals surface area contributed by atoms with Gasteiger partial charge in [-0.2, -0.15) is 11.8 Å². The molecule has 1 aromatic rings. The van der Waals surface area contributed by atoms with Crippen molar-refractivity contribution in [2.24, 2.45) is 4.99 Å². The lowest BCUT2D eigenvalue weighted by atomic mass is 9.99. The number of nitrogens with one attached hydrogen (secondary N) is 2. The fraction of sp³-hybridized carbons (Fsp3) is 0.611. The molecule has 142 valence electrons. The summed E-state index contributed by atoms with van der Waals surface area (Å²) in [6.45, 7) is 6.45. The molecule has 0 aromatic heterocycles. The third-order valence-electron chi connectivity index (χ3n) is 4.11. The molecule has 0 aliphatic carbocycles. The van der Waals surface area contributed by atoms with Gasteiger partial charge in [-0.1, -0.05) is 18.2 Å². The van der Waals surface area contributed by atoms with Gasteiger partial charge < -0.3 is 15.4 Å². The van der Waals surface area contributed by atoms with Crippen LogP contribution in [0.3, 0.4) is 0 Å². The molecule has 2 N–H and O–H groups in total. The summed E-state index contributed by atoms with van der Waals surface area (Å²) in [5.41, 5.74) is 0. The third kappa shape index (κ3) is 8.41. The molecule has 7 heteroatoms. The van der Waals surface area contributed by atoms with Crippen molar-refractivity contribution in [3.8, 4) is 0 Å². The van der Waals surface area contributed by atoms with E-state index in [0.717, 1.165) is 57.4 Å². The highest BCUT2D eigenvalue weighted by atomic mass is 127. The maximum Gasteiger partial charge on any atom is 0.191 e. The molecule has 0 atom stereocenters. The van der Waals surface area contributed by atoms with Gasteiger partial charge in [-0.3, -0.25) is 4.99 Å². The zero-order valence-electron chi connectivity index (χ0n) is 15.1. The molecular formula is C18H30IN3OS2. The van der Waals surface area contributed by atoms with Crippen LogP contribution < -0.4 is 10.6 Å². The van der Waals surface area contributed by atoms with E-state index in [9.17, 15) is 0 Å². The van der Waals surface area contributed by atoms with Crippen molar-refractivity contribution in [2.75, 3.05) is 44.9 Å². The number of guanidine groups is 1. The number of hydrogen-bond donors (Lipinski definition) is 2. The molecule has 0 saturated carbocycles. The predicted molar refractivity (Wildman–Crippen MR) is 123 cm³/mol. The van der Waals surface area contributed by atoms with Crippen LogP contribution in [-0.2, 0) is 4.74 Å². The SMILES string of the molecule is CCNC(=NCC1(SC)CCOCC1)NCCSc1ccccc1.I. The molecule has 25 heavy (non-hydrogen) atoms. The predicted octanol–water partition coefficient (Wildman–Crippen LogP) is 3.86. The number of benzene rings is 1. The van der Waals surface area contributed by atoms with Crippen LogP contribution in [0.5, 0.6) is 0 Å². The Morgan fingerprint density at radius 2 is 1.92 bits per heavy atom. The van der Waals surface area contributed by atoms with Gasteiger partial charge in [0.1, 0.15) is 0 Å². The Morgan fingerprint density at radius 1 is 1.20 bits per heavy atom. The fourth-order valence-corrected chi connectivity index (χ4v) is 4.15. The second-order valence-electron chi connectivity index (χ2n) is 5.78. The fourth-order valence-electron chi connectivity index (χ4n) is 2.59. The van der Waals surface area contributed by atoms with Crippen molar-refractivity contribution in [1.29, 1.82) is 0 Å². The summed E-state index contributed by atoms with van der Waals surface area (Å²) in [6, 6.07) is 10.5. The van der Waals surface area contributed by atoms with Gasteiger partial charge in [0.25, 0.3) is 0 Å². The van der Waals surface area contributed by atoms with Gasteiger partial charge in [-0.25, -0.2) is 0 Å². The van der Waals surface area contributed by atoms with Gasteiger partial charge in [0.2, 0.25) is 0 Å². The molecule has 1 aliphatic heterocycles. The van der Waals surface area contributed by atoms with E-state index in [1.165, 1.54) is 4.90 Å². The number of hydrogen-bond acceptors (Lipinski definition) is 4. The first-order valence-corrected chi connectivity index (χ1v) is 10.8. The van der Waals surface area contributed by atoms with Crippen LogP contribution in [0.2, 0.25) is 0 Å². The van der Waals surface area contributed by atoms with Crippen LogP contribution >= 0.6 is 47.5 Å². The van der Waals surface area contributed by atoms with E-state index in [1.807, 2.05) is 23.5 Å². The highest BCUT2D eigenvalue weighted by molar-refractivity contribution is 14.0. The highest BCUT2D eigenvalue weighted by Gasteiger charge is 2.31. The average Bonchev–Trinajstić information content (AvgIpc) is 2.65. The smallest absolute Gasteiger partial charge is 0.191 e. The van der Waals surface area contributed by atoms with E-state index < -0.39 is 0 Å². The number of ether oxygens (including phenoxy) is 1. The van der Waals surface area contributed by atoms with Crippen molar-refractivity contribution in [1.82, 2.24) is 10.6 Å². The summed E-state index contributed by atoms with van der Waals surface area (Å²) < 4.78 is 5.74. The lowest BCUT2D eigenvalue weighted by molar-refractivity contribution is 0.0794. The number of rotatable bonds is 8. The molecular weight excluding hydrogens is 465 g/mol. The van der Waals surface area contributed by atoms with Crippen molar-refractivity contribution in [2.45, 2.75) is 29.4 Å². The van der Waals surface area contributed by atoms with Crippen LogP contribution in [0.4, 0.5) is 0 Å². The van der Waals surface area contributed by atoms with Gasteiger partial charge in [-0.05, 0) is 38.2 Å². The van der Waals surface area contributed by atoms with E-state index in [2.05, 4.69) is 54.1 Å². The van der Waals surface area contributed by atoms with Crippen LogP contribution in [0.1, 0.15) is 19.8 Å². The van der Waals surface area contributed by atoms with Gasteiger partial charge in [-0.15, -0.1) is 35.7 Å². The normalized spacial score (nSPS) is 16.8. The molecule has 4 nitrogen and oxygen atoms in total. The summed E-state index contributed by atoms with van der Waals surface area (Å²) in [5, 5.41) is 6.80. The van der Waals surface area contributed by atoms with Crippen LogP contribution in [0.15, 0.2) is 40.2 Å². The Hall–Kier alpha value is -0.120. The van der Waals surface area contributed by atoms with Crippen molar-refractivity contribution >= 4 is 53.5 Å². The summed E-state index contributed by atoms with van der Waals surface area (Å²) in [4.78, 5) is 6.14. The number of nitrogens with zero attached hydrogens (tertiary/aromatic N) is 1. The number of aliphatic imine (C=N–C) groups is 1. The topological polar surface area (TPSA) is 45.7 Å². The quantitative estimate of drug-likeness (QED) is 0.189. The minimum absolute atomic E-state index is 0. The Bertz CT molecular complexity index is 496. The van der Waals surface area contributed by atoms with E-state index in [-0.39, 0.29) is 28.7 Å². The standard InChI is InChI=1S/C18H29N3OS2.HI/c1-3-19-17(20-11-14-24-16-7-5-4-6-8-16)21-15-18(23-2)9-12-22-13-10-18;/h4-8H,3,9-15H2,1-2H3,(H2,19,20,21);1H. The zero-order valence-corrected chi connectivity index (χ0v) is 19.1. The molecule has 0 unspecified atom stereocenters. The van der Waals surface area contributed by atoms with E-state index in [4.69, 9.17) is 9.73 Å². The van der Waals surface area contributed by atoms with Gasteiger partial charge in [0.05, 0.1) is 6.54 Å². The molecule has 1 heterocycles. The molecule has 0 bridgehead atoms. The maximum absolute atomic E-state index is 5.51. The Balaban J connectivity index is 0.00000312. The molecule has 1 aromatic carbocycles. The molecule has 0 amide bonds. The minimum atomic E-state index is 0. The molecule has 0 radical (unpaired) electrons. The molecule has 2 rings (SSSR count). The van der Waals surface area contributed by atoms with Crippen LogP contribution in [-0.4, -0.2) is 55.6 Å². The van der Waals surface area contributed by atoms with Crippen molar-refractivity contribution in [3.63, 3.8) is 0 Å². The van der Waals surface area contributed by atoms with Crippen molar-refractivity contribution in [3.05, 3.63) is 30.3 Å². The molecule has 0 spiro atoms. The minimum Gasteiger partial charge on any atom is -0.381 e. The van der Waals surface area contributed by atoms with Crippen molar-refractivity contribution < 1.29 is 4.74 Å². The lowest BCUT2D eigenvalue weighted by Crippen LogP contribution is -2.41. The Labute approximate surface area is 177 Å². The molecule has 1 fully saturated rings. The first-order valence-electron chi connectivity index (χ1n) is 8.61. The van der Waals surface area contributed by atoms with Gasteiger partial charge in [0.15, 0.2) is 5.96 Å². The molecule has 1 saturated heterocycles. The third-order valence-corrected chi connectivity index (χ3v) is 6.53. The summed E-state index contributed by atoms with van der Waals surface area (Å²) >= 11 is 3.80. The van der Waals surface area contributed by atoms with Gasteiger partial charge >= 0.3 is 0 Å². The number of halogens is 1. The second-order valence-corrected chi connectivity index (χ2v) is 8.23. The average molecular weight is 495 g/mol. The first kappa shape index (κ1) is 22.9. The monoisotopic (exact) mass is 495 g/mol. The Kier molecular flexibility index (Phi) is 12.0. The summed E-state index contributed by atoms with van der Waals surface area (Å²) in [7, 11) is 0. The lowest BCUT2D eigenvalue weighted by Gasteiger charge is -2.34. The second kappa shape index (κ2) is 13.1. The zero-order chi connectivity index (χ0) is 17.1. The summed E-state index contributed by atoms with van der Waals surface area (Å²) in [5.74, 6) is 1.95. The summed E-state index contributed by atoms with van der Waals surface area (Å²) in [6.07, 6.45) is 4.36. The largest absolute Gasteiger partial charge is 0.381 e. The van der Waals surface area contributed by atoms with Crippen LogP contribution in [0, 0.1) is 0 Å². The Morgan fingerprint density at radius 3 is 2.56 bits per heavy atom. The highest BCUT2D eigenvalue weighted by Crippen LogP contribution is 2.33. The molecule has 1 aliphatic rings. The van der Waals surface area contributed by atoms with E-state index >= 15 is 0 Å². The maximum atomic E-state index is 5.51. The first-order chi connectivity index (χ1) is 11.8. The van der Waals surface area contributed by atoms with E-state index in [0.29, 0.717) is 0 Å². The number of thioether (sulfide) groups is 2. The van der Waals surface area contributed by atoms with E-state index in [1.54, 1.807) is 0 Å². The van der Waals surface area contributed by atoms with Gasteiger partial charge in [0, 0.05) is 41.7 Å².